The predicted molar refractivity (Wildman–Crippen MR) is 54.9 cm³/mol. The normalized spacial score (nSPS) is 17.6. The summed E-state index contributed by atoms with van der Waals surface area (Å²) in [5.41, 5.74) is 0. The van der Waals surface area contributed by atoms with Gasteiger partial charge in [0.1, 0.15) is 5.76 Å². The molecule has 0 spiro atoms. The lowest BCUT2D eigenvalue weighted by atomic mass is 10.1. The Morgan fingerprint density at radius 1 is 1.50 bits per heavy atom. The molecule has 1 fully saturated rings. The number of ketones is 1. The Balaban J connectivity index is 2.28. The van der Waals surface area contributed by atoms with Crippen molar-refractivity contribution in [2.24, 2.45) is 0 Å². The second kappa shape index (κ2) is 3.77. The van der Waals surface area contributed by atoms with Crippen LogP contribution in [0.5, 0.6) is 0 Å². The molecule has 1 aliphatic carbocycles. The van der Waals surface area contributed by atoms with Crippen LogP contribution in [0.1, 0.15) is 54.8 Å². The summed E-state index contributed by atoms with van der Waals surface area (Å²) in [4.78, 5) is 11.1. The highest BCUT2D eigenvalue weighted by Gasteiger charge is 2.24. The number of carbonyl (C=O) groups is 1. The van der Waals surface area contributed by atoms with Crippen LogP contribution in [0.4, 0.5) is 0 Å². The summed E-state index contributed by atoms with van der Waals surface area (Å²) in [5, 5.41) is 0.613. The van der Waals surface area contributed by atoms with E-state index in [2.05, 4.69) is 0 Å². The molecule has 76 valence electrons. The van der Waals surface area contributed by atoms with Crippen molar-refractivity contribution in [2.45, 2.75) is 38.5 Å². The quantitative estimate of drug-likeness (QED) is 0.699. The first-order valence-corrected chi connectivity index (χ1v) is 5.36. The van der Waals surface area contributed by atoms with Gasteiger partial charge in [0, 0.05) is 18.9 Å². The van der Waals surface area contributed by atoms with Gasteiger partial charge in [-0.2, -0.15) is 0 Å². The lowest BCUT2D eigenvalue weighted by Gasteiger charge is -2.04. The third-order valence-corrected chi connectivity index (χ3v) is 3.08. The highest BCUT2D eigenvalue weighted by atomic mass is 35.5. The topological polar surface area (TPSA) is 30.2 Å². The molecule has 1 heterocycles. The van der Waals surface area contributed by atoms with E-state index in [-0.39, 0.29) is 5.78 Å². The summed E-state index contributed by atoms with van der Waals surface area (Å²) in [6.07, 6.45) is 4.73. The molecule has 2 nitrogen and oxygen atoms in total. The van der Waals surface area contributed by atoms with Gasteiger partial charge >= 0.3 is 0 Å². The first-order chi connectivity index (χ1) is 6.68. The zero-order valence-corrected chi connectivity index (χ0v) is 8.93. The minimum atomic E-state index is -0.0591. The second-order valence-electron chi connectivity index (χ2n) is 3.86. The number of carbonyl (C=O) groups excluding carboxylic acids is 1. The van der Waals surface area contributed by atoms with Crippen LogP contribution in [0, 0.1) is 0 Å². The van der Waals surface area contributed by atoms with E-state index in [1.165, 1.54) is 19.8 Å². The average molecular weight is 213 g/mol. The maximum Gasteiger partial charge on any atom is 0.194 e. The number of hydrogen-bond donors (Lipinski definition) is 0. The van der Waals surface area contributed by atoms with Crippen molar-refractivity contribution < 1.29 is 9.21 Å². The van der Waals surface area contributed by atoms with E-state index >= 15 is 0 Å². The number of rotatable bonds is 2. The first-order valence-electron chi connectivity index (χ1n) is 4.98. The third kappa shape index (κ3) is 1.71. The molecular weight excluding hydrogens is 200 g/mol. The van der Waals surface area contributed by atoms with Crippen LogP contribution in [0.25, 0.3) is 0 Å². The van der Waals surface area contributed by atoms with Crippen molar-refractivity contribution in [3.05, 3.63) is 22.6 Å². The van der Waals surface area contributed by atoms with Crippen LogP contribution >= 0.6 is 11.6 Å². The van der Waals surface area contributed by atoms with Crippen LogP contribution in [-0.2, 0) is 0 Å². The van der Waals surface area contributed by atoms with Gasteiger partial charge in [0.15, 0.2) is 11.5 Å². The van der Waals surface area contributed by atoms with E-state index in [4.69, 9.17) is 16.0 Å². The van der Waals surface area contributed by atoms with Gasteiger partial charge < -0.3 is 4.42 Å². The van der Waals surface area contributed by atoms with Gasteiger partial charge in [0.05, 0.1) is 5.02 Å². The summed E-state index contributed by atoms with van der Waals surface area (Å²) in [7, 11) is 0. The highest BCUT2D eigenvalue weighted by Crippen LogP contribution is 2.39. The number of furan rings is 1. The van der Waals surface area contributed by atoms with Gasteiger partial charge in [-0.25, -0.2) is 0 Å². The minimum absolute atomic E-state index is 0.0591. The maximum absolute atomic E-state index is 11.1. The Kier molecular flexibility index (Phi) is 2.64. The second-order valence-corrected chi connectivity index (χ2v) is 4.27. The standard InChI is InChI=1S/C11H13ClO2/c1-7(13)10-6-9(12)11(14-10)8-4-2-3-5-8/h6,8H,2-5H2,1H3. The smallest absolute Gasteiger partial charge is 0.194 e. The Morgan fingerprint density at radius 2 is 2.14 bits per heavy atom. The Labute approximate surface area is 88.2 Å². The molecule has 2 rings (SSSR count). The van der Waals surface area contributed by atoms with Crippen molar-refractivity contribution in [1.29, 1.82) is 0 Å². The van der Waals surface area contributed by atoms with E-state index in [0.29, 0.717) is 16.7 Å². The molecule has 0 bridgehead atoms. The molecule has 1 aromatic rings. The van der Waals surface area contributed by atoms with Crippen LogP contribution in [0.2, 0.25) is 5.02 Å². The number of Topliss-reactive ketones (excluding diaryl/α,β-unsaturated/α-hetero) is 1. The molecule has 1 saturated carbocycles. The fraction of sp³-hybridized carbons (Fsp3) is 0.545. The molecule has 0 amide bonds. The molecule has 14 heavy (non-hydrogen) atoms. The van der Waals surface area contributed by atoms with Crippen LogP contribution in [0.3, 0.4) is 0 Å². The molecule has 0 atom stereocenters. The van der Waals surface area contributed by atoms with E-state index < -0.39 is 0 Å². The van der Waals surface area contributed by atoms with Gasteiger partial charge in [-0.05, 0) is 12.8 Å². The summed E-state index contributed by atoms with van der Waals surface area (Å²) in [6, 6.07) is 1.64. The van der Waals surface area contributed by atoms with Crippen molar-refractivity contribution in [3.8, 4) is 0 Å². The van der Waals surface area contributed by atoms with Crippen LogP contribution < -0.4 is 0 Å². The van der Waals surface area contributed by atoms with Gasteiger partial charge in [0.25, 0.3) is 0 Å². The van der Waals surface area contributed by atoms with Gasteiger partial charge in [-0.1, -0.05) is 24.4 Å². The van der Waals surface area contributed by atoms with Gasteiger partial charge in [-0.15, -0.1) is 0 Å². The van der Waals surface area contributed by atoms with Crippen molar-refractivity contribution in [1.82, 2.24) is 0 Å². The lowest BCUT2D eigenvalue weighted by Crippen LogP contribution is -1.90. The van der Waals surface area contributed by atoms with Crippen molar-refractivity contribution >= 4 is 17.4 Å². The van der Waals surface area contributed by atoms with E-state index in [1.807, 2.05) is 0 Å². The Bertz CT molecular complexity index is 348. The van der Waals surface area contributed by atoms with Crippen molar-refractivity contribution in [3.63, 3.8) is 0 Å². The molecule has 0 radical (unpaired) electrons. The lowest BCUT2D eigenvalue weighted by molar-refractivity contribution is 0.0985. The molecule has 0 N–H and O–H groups in total. The number of hydrogen-bond acceptors (Lipinski definition) is 2. The third-order valence-electron chi connectivity index (χ3n) is 2.79. The monoisotopic (exact) mass is 212 g/mol. The molecular formula is C11H13ClO2. The predicted octanol–water partition coefficient (Wildman–Crippen LogP) is 3.79. The molecule has 1 aliphatic rings. The SMILES string of the molecule is CC(=O)c1cc(Cl)c(C2CCCC2)o1. The summed E-state index contributed by atoms with van der Waals surface area (Å²) in [5.74, 6) is 1.57. The van der Waals surface area contributed by atoms with E-state index in [0.717, 1.165) is 18.6 Å². The Morgan fingerprint density at radius 3 is 2.64 bits per heavy atom. The highest BCUT2D eigenvalue weighted by molar-refractivity contribution is 6.31. The molecule has 1 aromatic heterocycles. The number of halogens is 1. The van der Waals surface area contributed by atoms with Crippen LogP contribution in [-0.4, -0.2) is 5.78 Å². The largest absolute Gasteiger partial charge is 0.456 e. The fourth-order valence-corrected chi connectivity index (χ4v) is 2.31. The molecule has 0 saturated heterocycles. The summed E-state index contributed by atoms with van der Waals surface area (Å²) < 4.78 is 5.48. The first kappa shape index (κ1) is 9.78. The Hall–Kier alpha value is -0.760. The van der Waals surface area contributed by atoms with E-state index in [9.17, 15) is 4.79 Å². The van der Waals surface area contributed by atoms with E-state index in [1.54, 1.807) is 6.07 Å². The molecule has 0 aliphatic heterocycles. The molecule has 3 heteroatoms. The van der Waals surface area contributed by atoms with Gasteiger partial charge in [0.2, 0.25) is 0 Å². The van der Waals surface area contributed by atoms with Crippen molar-refractivity contribution in [2.75, 3.05) is 0 Å². The zero-order valence-electron chi connectivity index (χ0n) is 8.18. The minimum Gasteiger partial charge on any atom is -0.456 e. The summed E-state index contributed by atoms with van der Waals surface area (Å²) in [6.45, 7) is 1.49. The van der Waals surface area contributed by atoms with Gasteiger partial charge in [-0.3, -0.25) is 4.79 Å². The summed E-state index contributed by atoms with van der Waals surface area (Å²) >= 11 is 6.02. The average Bonchev–Trinajstić information content (AvgIpc) is 2.71. The maximum atomic E-state index is 11.1. The zero-order chi connectivity index (χ0) is 10.1. The fourth-order valence-electron chi connectivity index (χ4n) is 2.02. The molecule has 0 unspecified atom stereocenters. The molecule has 0 aromatic carbocycles. The van der Waals surface area contributed by atoms with Crippen LogP contribution in [0.15, 0.2) is 10.5 Å².